The van der Waals surface area contributed by atoms with Gasteiger partial charge in [0.25, 0.3) is 0 Å². The number of ether oxygens (including phenoxy) is 1. The van der Waals surface area contributed by atoms with Gasteiger partial charge in [-0.25, -0.2) is 0 Å². The fraction of sp³-hybridized carbons (Fsp3) is 0.600. The van der Waals surface area contributed by atoms with Crippen LogP contribution >= 0.6 is 0 Å². The summed E-state index contributed by atoms with van der Waals surface area (Å²) in [4.78, 5) is 0. The largest absolute Gasteiger partial charge is 0.493 e. The molecule has 3 rings (SSSR count). The first-order chi connectivity index (χ1) is 8.42. The van der Waals surface area contributed by atoms with Crippen LogP contribution in [0.2, 0.25) is 0 Å². The SMILES string of the molecule is c1cc2c(cc1NC1CCCCCC1)CCO2. The Kier molecular flexibility index (Phi) is 3.21. The van der Waals surface area contributed by atoms with E-state index in [9.17, 15) is 0 Å². The van der Waals surface area contributed by atoms with Gasteiger partial charge in [-0.2, -0.15) is 0 Å². The Balaban J connectivity index is 1.67. The van der Waals surface area contributed by atoms with Crippen molar-refractivity contribution in [2.75, 3.05) is 11.9 Å². The standard InChI is InChI=1S/C15H21NO/c1-2-4-6-13(5-3-1)16-14-7-8-15-12(11-14)9-10-17-15/h7-8,11,13,16H,1-6,9-10H2. The molecule has 2 aliphatic rings. The molecule has 0 amide bonds. The van der Waals surface area contributed by atoms with Crippen LogP contribution < -0.4 is 10.1 Å². The Hall–Kier alpha value is -1.18. The van der Waals surface area contributed by atoms with Crippen LogP contribution in [0.1, 0.15) is 44.1 Å². The van der Waals surface area contributed by atoms with E-state index in [1.165, 1.54) is 49.8 Å². The molecule has 2 nitrogen and oxygen atoms in total. The van der Waals surface area contributed by atoms with Gasteiger partial charge in [0, 0.05) is 18.2 Å². The Morgan fingerprint density at radius 3 is 2.71 bits per heavy atom. The van der Waals surface area contributed by atoms with Gasteiger partial charge in [-0.05, 0) is 36.6 Å². The Morgan fingerprint density at radius 1 is 1.06 bits per heavy atom. The highest BCUT2D eigenvalue weighted by molar-refractivity contribution is 5.52. The number of hydrogen-bond donors (Lipinski definition) is 1. The van der Waals surface area contributed by atoms with Gasteiger partial charge in [0.1, 0.15) is 5.75 Å². The van der Waals surface area contributed by atoms with Gasteiger partial charge < -0.3 is 10.1 Å². The van der Waals surface area contributed by atoms with Crippen LogP contribution in [0.4, 0.5) is 5.69 Å². The molecule has 17 heavy (non-hydrogen) atoms. The van der Waals surface area contributed by atoms with Crippen LogP contribution in [-0.4, -0.2) is 12.6 Å². The second-order valence-electron chi connectivity index (χ2n) is 5.25. The van der Waals surface area contributed by atoms with Crippen molar-refractivity contribution < 1.29 is 4.74 Å². The number of benzene rings is 1. The zero-order valence-electron chi connectivity index (χ0n) is 10.4. The normalized spacial score (nSPS) is 20.5. The van der Waals surface area contributed by atoms with E-state index in [0.29, 0.717) is 6.04 Å². The molecule has 1 heterocycles. The lowest BCUT2D eigenvalue weighted by Crippen LogP contribution is -2.18. The van der Waals surface area contributed by atoms with Gasteiger partial charge in [-0.1, -0.05) is 25.7 Å². The first-order valence-corrected chi connectivity index (χ1v) is 6.94. The summed E-state index contributed by atoms with van der Waals surface area (Å²) < 4.78 is 5.54. The lowest BCUT2D eigenvalue weighted by molar-refractivity contribution is 0.357. The molecule has 0 atom stereocenters. The second-order valence-corrected chi connectivity index (χ2v) is 5.25. The average molecular weight is 231 g/mol. The third kappa shape index (κ3) is 2.56. The molecule has 0 radical (unpaired) electrons. The Labute approximate surface area is 103 Å². The topological polar surface area (TPSA) is 21.3 Å². The van der Waals surface area contributed by atoms with Crippen molar-refractivity contribution in [1.29, 1.82) is 0 Å². The molecule has 1 saturated carbocycles. The maximum atomic E-state index is 5.54. The molecular weight excluding hydrogens is 210 g/mol. The molecule has 1 N–H and O–H groups in total. The highest BCUT2D eigenvalue weighted by Gasteiger charge is 2.15. The third-order valence-electron chi connectivity index (χ3n) is 3.92. The van der Waals surface area contributed by atoms with Crippen molar-refractivity contribution >= 4 is 5.69 Å². The minimum atomic E-state index is 0.679. The number of hydrogen-bond acceptors (Lipinski definition) is 2. The summed E-state index contributed by atoms with van der Waals surface area (Å²) in [6, 6.07) is 7.22. The first-order valence-electron chi connectivity index (χ1n) is 6.94. The number of fused-ring (bicyclic) bond motifs is 1. The summed E-state index contributed by atoms with van der Waals surface area (Å²) in [5.41, 5.74) is 2.64. The maximum Gasteiger partial charge on any atom is 0.122 e. The zero-order valence-corrected chi connectivity index (χ0v) is 10.4. The van der Waals surface area contributed by atoms with E-state index < -0.39 is 0 Å². The van der Waals surface area contributed by atoms with Crippen LogP contribution in [0.25, 0.3) is 0 Å². The smallest absolute Gasteiger partial charge is 0.122 e. The van der Waals surface area contributed by atoms with Crippen molar-refractivity contribution in [3.05, 3.63) is 23.8 Å². The van der Waals surface area contributed by atoms with Gasteiger partial charge in [-0.15, -0.1) is 0 Å². The predicted octanol–water partition coefficient (Wildman–Crippen LogP) is 3.76. The molecule has 0 saturated heterocycles. The van der Waals surface area contributed by atoms with Gasteiger partial charge in [0.15, 0.2) is 0 Å². The molecule has 0 bridgehead atoms. The lowest BCUT2D eigenvalue weighted by Gasteiger charge is -2.18. The first kappa shape index (κ1) is 10.9. The fourth-order valence-electron chi connectivity index (χ4n) is 2.94. The van der Waals surface area contributed by atoms with Gasteiger partial charge in [-0.3, -0.25) is 0 Å². The van der Waals surface area contributed by atoms with Crippen LogP contribution in [-0.2, 0) is 6.42 Å². The molecule has 0 spiro atoms. The van der Waals surface area contributed by atoms with E-state index >= 15 is 0 Å². The maximum absolute atomic E-state index is 5.54. The number of anilines is 1. The number of nitrogens with one attached hydrogen (secondary N) is 1. The molecular formula is C15H21NO. The summed E-state index contributed by atoms with van der Waals surface area (Å²) >= 11 is 0. The third-order valence-corrected chi connectivity index (χ3v) is 3.92. The van der Waals surface area contributed by atoms with Crippen molar-refractivity contribution in [2.24, 2.45) is 0 Å². The van der Waals surface area contributed by atoms with Crippen molar-refractivity contribution in [2.45, 2.75) is 51.0 Å². The Morgan fingerprint density at radius 2 is 1.88 bits per heavy atom. The molecule has 1 aromatic carbocycles. The molecule has 1 aliphatic carbocycles. The minimum absolute atomic E-state index is 0.679. The van der Waals surface area contributed by atoms with Crippen LogP contribution in [0.5, 0.6) is 5.75 Å². The van der Waals surface area contributed by atoms with Crippen LogP contribution in [0.15, 0.2) is 18.2 Å². The van der Waals surface area contributed by atoms with E-state index in [4.69, 9.17) is 4.74 Å². The van der Waals surface area contributed by atoms with Crippen molar-refractivity contribution in [1.82, 2.24) is 0 Å². The highest BCUT2D eigenvalue weighted by Crippen LogP contribution is 2.29. The van der Waals surface area contributed by atoms with Crippen LogP contribution in [0.3, 0.4) is 0 Å². The molecule has 1 aromatic rings. The fourth-order valence-corrected chi connectivity index (χ4v) is 2.94. The minimum Gasteiger partial charge on any atom is -0.493 e. The second kappa shape index (κ2) is 4.99. The predicted molar refractivity (Wildman–Crippen MR) is 70.8 cm³/mol. The van der Waals surface area contributed by atoms with Gasteiger partial charge in [0.2, 0.25) is 0 Å². The van der Waals surface area contributed by atoms with E-state index in [0.717, 1.165) is 18.8 Å². The summed E-state index contributed by atoms with van der Waals surface area (Å²) in [6.07, 6.45) is 9.31. The van der Waals surface area contributed by atoms with Gasteiger partial charge in [0.05, 0.1) is 6.61 Å². The average Bonchev–Trinajstić information content (AvgIpc) is 2.65. The molecule has 0 unspecified atom stereocenters. The monoisotopic (exact) mass is 231 g/mol. The van der Waals surface area contributed by atoms with Gasteiger partial charge >= 0.3 is 0 Å². The lowest BCUT2D eigenvalue weighted by atomic mass is 10.1. The van der Waals surface area contributed by atoms with Crippen molar-refractivity contribution in [3.63, 3.8) is 0 Å². The summed E-state index contributed by atoms with van der Waals surface area (Å²) in [7, 11) is 0. The summed E-state index contributed by atoms with van der Waals surface area (Å²) in [5.74, 6) is 1.08. The molecule has 1 fully saturated rings. The summed E-state index contributed by atoms with van der Waals surface area (Å²) in [6.45, 7) is 0.849. The summed E-state index contributed by atoms with van der Waals surface area (Å²) in [5, 5.41) is 3.70. The van der Waals surface area contributed by atoms with E-state index in [1.54, 1.807) is 0 Å². The molecule has 0 aromatic heterocycles. The van der Waals surface area contributed by atoms with E-state index in [1.807, 2.05) is 0 Å². The highest BCUT2D eigenvalue weighted by atomic mass is 16.5. The van der Waals surface area contributed by atoms with Crippen LogP contribution in [0, 0.1) is 0 Å². The zero-order chi connectivity index (χ0) is 11.5. The Bertz CT molecular complexity index is 381. The van der Waals surface area contributed by atoms with Crippen molar-refractivity contribution in [3.8, 4) is 5.75 Å². The molecule has 92 valence electrons. The molecule has 1 aliphatic heterocycles. The molecule has 2 heteroatoms. The van der Waals surface area contributed by atoms with E-state index in [2.05, 4.69) is 23.5 Å². The number of rotatable bonds is 2. The van der Waals surface area contributed by atoms with E-state index in [-0.39, 0.29) is 0 Å². The quantitative estimate of drug-likeness (QED) is 0.783.